The smallest absolute Gasteiger partial charge is 0.410 e. The van der Waals surface area contributed by atoms with Crippen molar-refractivity contribution < 1.29 is 18.3 Å². The Morgan fingerprint density at radius 1 is 1.16 bits per heavy atom. The maximum absolute atomic E-state index is 13.5. The minimum atomic E-state index is -2.64. The molecule has 5 rings (SSSR count). The van der Waals surface area contributed by atoms with E-state index in [1.165, 1.54) is 11.3 Å². The lowest BCUT2D eigenvalue weighted by atomic mass is 9.86. The zero-order valence-electron chi connectivity index (χ0n) is 17.2. The lowest BCUT2D eigenvalue weighted by molar-refractivity contribution is -0.0387. The van der Waals surface area contributed by atoms with Crippen LogP contribution in [0.25, 0.3) is 10.3 Å². The number of para-hydroxylation sites is 1. The minimum absolute atomic E-state index is 0.193. The summed E-state index contributed by atoms with van der Waals surface area (Å²) < 4.78 is 32.5. The van der Waals surface area contributed by atoms with Crippen molar-refractivity contribution in [2.45, 2.75) is 56.4 Å². The molecule has 1 aromatic carbocycles. The standard InChI is InChI=1S/C22H22F2N4O3S/c23-22(24)10-8-13(9-11-22)17-26-18(29)16-20(27-17)32-19(25-16)15-7-4-12-28(15)21(30)31-14-5-2-1-3-6-14/h1-3,5-6,13,15H,4,7-12H2,(H,26,27,29)/t15-/m1/s1. The van der Waals surface area contributed by atoms with E-state index in [4.69, 9.17) is 4.74 Å². The predicted molar refractivity (Wildman–Crippen MR) is 115 cm³/mol. The van der Waals surface area contributed by atoms with Crippen molar-refractivity contribution in [1.29, 1.82) is 0 Å². The summed E-state index contributed by atoms with van der Waals surface area (Å²) in [5.41, 5.74) is -0.153. The maximum atomic E-state index is 13.5. The number of nitrogens with zero attached hydrogens (tertiary/aromatic N) is 3. The first kappa shape index (κ1) is 21.0. The van der Waals surface area contributed by atoms with E-state index < -0.39 is 12.0 Å². The van der Waals surface area contributed by atoms with Crippen molar-refractivity contribution in [2.75, 3.05) is 6.54 Å². The highest BCUT2D eigenvalue weighted by molar-refractivity contribution is 7.18. The Morgan fingerprint density at radius 3 is 2.66 bits per heavy atom. The van der Waals surface area contributed by atoms with Gasteiger partial charge in [0.1, 0.15) is 16.6 Å². The molecule has 1 saturated heterocycles. The number of fused-ring (bicyclic) bond motifs is 1. The number of ether oxygens (including phenoxy) is 1. The molecule has 1 atom stereocenters. The fourth-order valence-electron chi connectivity index (χ4n) is 4.40. The van der Waals surface area contributed by atoms with Crippen molar-refractivity contribution in [2.24, 2.45) is 0 Å². The molecule has 32 heavy (non-hydrogen) atoms. The number of alkyl halides is 2. The van der Waals surface area contributed by atoms with Crippen LogP contribution in [0.4, 0.5) is 13.6 Å². The number of hydrogen-bond acceptors (Lipinski definition) is 6. The normalized spacial score (nSPS) is 21.2. The number of benzene rings is 1. The number of thiazole rings is 1. The second-order valence-corrected chi connectivity index (χ2v) is 9.33. The number of likely N-dealkylation sites (tertiary alicyclic amines) is 1. The molecule has 1 aliphatic heterocycles. The molecular weight excluding hydrogens is 438 g/mol. The van der Waals surface area contributed by atoms with Crippen LogP contribution in [0.15, 0.2) is 35.1 Å². The number of nitrogens with one attached hydrogen (secondary N) is 1. The number of amides is 1. The third kappa shape index (κ3) is 4.11. The third-order valence-electron chi connectivity index (χ3n) is 6.13. The lowest BCUT2D eigenvalue weighted by Crippen LogP contribution is -2.33. The van der Waals surface area contributed by atoms with Gasteiger partial charge in [0.25, 0.3) is 5.56 Å². The molecule has 0 spiro atoms. The minimum Gasteiger partial charge on any atom is -0.410 e. The molecule has 1 N–H and O–H groups in total. The van der Waals surface area contributed by atoms with Gasteiger partial charge in [-0.05, 0) is 37.8 Å². The zero-order valence-corrected chi connectivity index (χ0v) is 18.0. The van der Waals surface area contributed by atoms with Gasteiger partial charge in [-0.25, -0.2) is 23.5 Å². The Kier molecular flexibility index (Phi) is 5.40. The number of halogens is 2. The summed E-state index contributed by atoms with van der Waals surface area (Å²) >= 11 is 1.27. The quantitative estimate of drug-likeness (QED) is 0.594. The van der Waals surface area contributed by atoms with Crippen molar-refractivity contribution in [3.63, 3.8) is 0 Å². The van der Waals surface area contributed by atoms with Crippen molar-refractivity contribution in [1.82, 2.24) is 19.9 Å². The Morgan fingerprint density at radius 2 is 1.91 bits per heavy atom. The number of H-pyrrole nitrogens is 1. The molecule has 0 bridgehead atoms. The molecule has 0 unspecified atom stereocenters. The number of carbonyl (C=O) groups excluding carboxylic acids is 1. The number of hydrogen-bond donors (Lipinski definition) is 1. The third-order valence-corrected chi connectivity index (χ3v) is 7.18. The van der Waals surface area contributed by atoms with Gasteiger partial charge in [0.2, 0.25) is 5.92 Å². The molecule has 2 aromatic heterocycles. The average Bonchev–Trinajstić information content (AvgIpc) is 3.41. The molecule has 3 aromatic rings. The van der Waals surface area contributed by atoms with Gasteiger partial charge in [-0.1, -0.05) is 29.5 Å². The second kappa shape index (κ2) is 8.23. The average molecular weight is 461 g/mol. The highest BCUT2D eigenvalue weighted by Gasteiger charge is 2.37. The number of aromatic nitrogens is 3. The Labute approximate surface area is 186 Å². The molecule has 168 valence electrons. The van der Waals surface area contributed by atoms with Gasteiger partial charge in [0.05, 0.1) is 6.04 Å². The largest absolute Gasteiger partial charge is 0.415 e. The van der Waals surface area contributed by atoms with Crippen LogP contribution >= 0.6 is 11.3 Å². The van der Waals surface area contributed by atoms with Crippen LogP contribution in [0.1, 0.15) is 61.3 Å². The van der Waals surface area contributed by atoms with Gasteiger partial charge in [-0.15, -0.1) is 0 Å². The van der Waals surface area contributed by atoms with E-state index in [2.05, 4.69) is 15.0 Å². The van der Waals surface area contributed by atoms with Gasteiger partial charge in [-0.3, -0.25) is 9.69 Å². The summed E-state index contributed by atoms with van der Waals surface area (Å²) in [5, 5.41) is 0.632. The van der Waals surface area contributed by atoms with Crippen LogP contribution < -0.4 is 10.3 Å². The topological polar surface area (TPSA) is 88.2 Å². The van der Waals surface area contributed by atoms with Gasteiger partial charge in [0.15, 0.2) is 10.3 Å². The molecule has 3 heterocycles. The van der Waals surface area contributed by atoms with Gasteiger partial charge in [-0.2, -0.15) is 0 Å². The van der Waals surface area contributed by atoms with Crippen LogP contribution in [-0.4, -0.2) is 38.4 Å². The van der Waals surface area contributed by atoms with Crippen LogP contribution in [0.5, 0.6) is 5.75 Å². The summed E-state index contributed by atoms with van der Waals surface area (Å²) in [5.74, 6) is -1.92. The number of aromatic amines is 1. The molecule has 1 saturated carbocycles. The number of rotatable bonds is 3. The highest BCUT2D eigenvalue weighted by Crippen LogP contribution is 2.40. The van der Waals surface area contributed by atoms with E-state index in [-0.39, 0.29) is 48.7 Å². The summed E-state index contributed by atoms with van der Waals surface area (Å²) in [6, 6.07) is 8.57. The molecule has 1 amide bonds. The first-order valence-electron chi connectivity index (χ1n) is 10.7. The monoisotopic (exact) mass is 460 g/mol. The molecule has 0 radical (unpaired) electrons. The summed E-state index contributed by atoms with van der Waals surface area (Å²) in [4.78, 5) is 39.3. The summed E-state index contributed by atoms with van der Waals surface area (Å²) in [6.07, 6.45) is 1.23. The van der Waals surface area contributed by atoms with Crippen molar-refractivity contribution in [3.8, 4) is 5.75 Å². The van der Waals surface area contributed by atoms with Crippen molar-refractivity contribution in [3.05, 3.63) is 51.5 Å². The molecule has 2 aliphatic rings. The first-order valence-corrected chi connectivity index (χ1v) is 11.5. The summed E-state index contributed by atoms with van der Waals surface area (Å²) in [6.45, 7) is 0.539. The SMILES string of the molecule is O=C(Oc1ccccc1)N1CCC[C@@H]1c1nc2c(=O)[nH]c(C3CCC(F)(F)CC3)nc2s1. The van der Waals surface area contributed by atoms with Gasteiger partial charge in [0, 0.05) is 25.3 Å². The highest BCUT2D eigenvalue weighted by atomic mass is 32.1. The van der Waals surface area contributed by atoms with E-state index >= 15 is 0 Å². The zero-order chi connectivity index (χ0) is 22.3. The summed E-state index contributed by atoms with van der Waals surface area (Å²) in [7, 11) is 0. The second-order valence-electron chi connectivity index (χ2n) is 8.32. The van der Waals surface area contributed by atoms with E-state index in [9.17, 15) is 18.4 Å². The Hall–Kier alpha value is -2.88. The van der Waals surface area contributed by atoms with Crippen LogP contribution in [0.3, 0.4) is 0 Å². The Bertz CT molecular complexity index is 1190. The van der Waals surface area contributed by atoms with Crippen LogP contribution in [0.2, 0.25) is 0 Å². The van der Waals surface area contributed by atoms with E-state index in [0.29, 0.717) is 34.4 Å². The van der Waals surface area contributed by atoms with Crippen molar-refractivity contribution >= 4 is 27.8 Å². The van der Waals surface area contributed by atoms with E-state index in [0.717, 1.165) is 6.42 Å². The first-order chi connectivity index (χ1) is 15.4. The lowest BCUT2D eigenvalue weighted by Gasteiger charge is -2.27. The fraction of sp³-hybridized carbons (Fsp3) is 0.455. The number of carbonyl (C=O) groups is 1. The fourth-order valence-corrected chi connectivity index (χ4v) is 5.50. The van der Waals surface area contributed by atoms with Crippen LogP contribution in [0, 0.1) is 0 Å². The predicted octanol–water partition coefficient (Wildman–Crippen LogP) is 5.01. The van der Waals surface area contributed by atoms with Crippen LogP contribution in [-0.2, 0) is 0 Å². The molecule has 7 nitrogen and oxygen atoms in total. The van der Waals surface area contributed by atoms with E-state index in [1.54, 1.807) is 29.2 Å². The maximum Gasteiger partial charge on any atom is 0.415 e. The molecule has 2 fully saturated rings. The van der Waals surface area contributed by atoms with Gasteiger partial charge < -0.3 is 9.72 Å². The van der Waals surface area contributed by atoms with Gasteiger partial charge >= 0.3 is 6.09 Å². The Balaban J connectivity index is 1.39. The molecule has 10 heteroatoms. The molecule has 1 aliphatic carbocycles. The van der Waals surface area contributed by atoms with E-state index in [1.807, 2.05) is 6.07 Å². The molecular formula is C22H22F2N4O3S.